The van der Waals surface area contributed by atoms with Gasteiger partial charge >= 0.3 is 0 Å². The molecule has 19 aromatic carbocycles. The van der Waals surface area contributed by atoms with Gasteiger partial charge in [0.25, 0.3) is 6.71 Å². The van der Waals surface area contributed by atoms with Crippen LogP contribution in [0.1, 0.15) is 79.0 Å². The number of fused-ring (bicyclic) bond motifs is 6. The molecule has 0 aliphatic carbocycles. The smallest absolute Gasteiger partial charge is 0.252 e. The minimum absolute atomic E-state index is 0.204. The Morgan fingerprint density at radius 2 is 0.514 bits per heavy atom. The van der Waals surface area contributed by atoms with Crippen molar-refractivity contribution in [3.05, 3.63) is 332 Å². The first-order valence-corrected chi connectivity index (χ1v) is 39.5. The van der Waals surface area contributed by atoms with E-state index in [1.54, 1.807) is 0 Å². The lowest BCUT2D eigenvalue weighted by Gasteiger charge is -2.47. The van der Waals surface area contributed by atoms with Gasteiger partial charge in [0.15, 0.2) is 0 Å². The van der Waals surface area contributed by atoms with Gasteiger partial charge in [-0.1, -0.05) is 293 Å². The largest absolute Gasteiger partial charge is 0.310 e. The van der Waals surface area contributed by atoms with Crippen molar-refractivity contribution in [2.75, 3.05) is 9.80 Å². The second-order valence-corrected chi connectivity index (χ2v) is 34.7. The highest BCUT2D eigenvalue weighted by atomic mass is 15.2. The van der Waals surface area contributed by atoms with E-state index in [-0.39, 0.29) is 23.0 Å². The first-order valence-electron chi connectivity index (χ1n) is 39.5. The summed E-state index contributed by atoms with van der Waals surface area (Å²) >= 11 is 0. The molecule has 0 fully saturated rings. The van der Waals surface area contributed by atoms with E-state index in [2.05, 4.69) is 397 Å². The van der Waals surface area contributed by atoms with Crippen molar-refractivity contribution < 1.29 is 0 Å². The third kappa shape index (κ3) is 9.06. The fourth-order valence-corrected chi connectivity index (χ4v) is 20.1. The SMILES string of the molecule is CC(C)(C)c1cc(-c2ccccc2)c(N2c3cc(-n4c5ccc6cccc7c8cccc9ccc4c(c98)c5c67)ccc3B3c4ccc(-n5c6ccc7cccc8c9cccc%10ccc5c(c%109)c6c78)cc4N(c4c(-c5ccccc5)cc(C(C)(C)C)cc4-c4ccccc4)c4cc(C(C)(C)C)cc2c43)c(-c2ccccc2)c1. The van der Waals surface area contributed by atoms with E-state index in [4.69, 9.17) is 0 Å². The number of hydrogen-bond donors (Lipinski definition) is 0. The zero-order valence-corrected chi connectivity index (χ0v) is 63.9. The number of rotatable bonds is 8. The lowest BCUT2D eigenvalue weighted by atomic mass is 9.33. The van der Waals surface area contributed by atoms with Crippen LogP contribution >= 0.6 is 0 Å². The van der Waals surface area contributed by atoms with E-state index in [1.807, 2.05) is 0 Å². The Morgan fingerprint density at radius 3 is 0.793 bits per heavy atom. The van der Waals surface area contributed by atoms with Crippen molar-refractivity contribution in [1.29, 1.82) is 0 Å². The van der Waals surface area contributed by atoms with Crippen LogP contribution in [0, 0.1) is 0 Å². The number of hydrogen-bond acceptors (Lipinski definition) is 2. The summed E-state index contributed by atoms with van der Waals surface area (Å²) < 4.78 is 5.21. The summed E-state index contributed by atoms with van der Waals surface area (Å²) in [6.45, 7) is 21.2. The number of benzene rings is 19. The predicted molar refractivity (Wildman–Crippen MR) is 477 cm³/mol. The van der Waals surface area contributed by atoms with Gasteiger partial charge < -0.3 is 18.9 Å². The molecule has 0 saturated carbocycles. The van der Waals surface area contributed by atoms with Gasteiger partial charge in [-0.05, 0) is 221 Å². The molecule has 111 heavy (non-hydrogen) atoms. The average Bonchev–Trinajstić information content (AvgIpc) is 1.63. The molecule has 2 aliphatic rings. The summed E-state index contributed by atoms with van der Waals surface area (Å²) in [7, 11) is 0. The van der Waals surface area contributed by atoms with Gasteiger partial charge in [-0.25, -0.2) is 0 Å². The Morgan fingerprint density at radius 1 is 0.234 bits per heavy atom. The number of nitrogens with zero attached hydrogens (tertiary/aromatic N) is 4. The van der Waals surface area contributed by atoms with E-state index in [0.717, 1.165) is 67.8 Å². The molecule has 0 bridgehead atoms. The summed E-state index contributed by atoms with van der Waals surface area (Å²) in [6.07, 6.45) is 0. The molecule has 0 atom stereocenters. The summed E-state index contributed by atoms with van der Waals surface area (Å²) in [5.74, 6) is 0. The maximum Gasteiger partial charge on any atom is 0.252 e. The van der Waals surface area contributed by atoms with Gasteiger partial charge in [-0.3, -0.25) is 0 Å². The first-order chi connectivity index (χ1) is 54.0. The Bertz CT molecular complexity index is 6670. The molecule has 2 aromatic heterocycles. The van der Waals surface area contributed by atoms with Crippen LogP contribution in [-0.2, 0) is 16.2 Å². The van der Waals surface area contributed by atoms with E-state index in [1.165, 1.54) is 164 Å². The molecule has 23 rings (SSSR count). The summed E-state index contributed by atoms with van der Waals surface area (Å²) in [5, 5.41) is 20.8. The molecule has 0 N–H and O–H groups in total. The zero-order valence-electron chi connectivity index (χ0n) is 63.9. The lowest BCUT2D eigenvalue weighted by molar-refractivity contribution is 0.590. The van der Waals surface area contributed by atoms with Crippen molar-refractivity contribution in [3.63, 3.8) is 0 Å². The van der Waals surface area contributed by atoms with Crippen LogP contribution in [0.5, 0.6) is 0 Å². The molecular formula is C106H79BN4. The standard InChI is InChI=1S/C106H79BN4/c1-104(2,3)70-54-79(62-26-14-10-15-27-62)102(80(55-70)63-28-16-11-17-29-63)110-89-60-73(108-85-50-42-66-34-22-38-75-76-39-23-35-67-43-51-86(108)98(94(67)76)97(85)93(66)75)46-48-83(89)107-84-49-47-74(109-87-52-44-68-36-24-40-77-78-41-25-37-69-45-53-88(109)100(96(69)78)99(87)95(68)77)61-90(84)111(92-59-72(106(7,8)9)58-91(110)101(92)107)103-81(64-30-18-12-19-31-64)56-71(105(4,5)6)57-82(103)65-32-20-13-21-33-65/h10-61H,1-9H3. The third-order valence-electron chi connectivity index (χ3n) is 25.3. The van der Waals surface area contributed by atoms with E-state index in [9.17, 15) is 0 Å². The minimum Gasteiger partial charge on any atom is -0.310 e. The normalized spacial score (nSPS) is 13.4. The molecule has 0 spiro atoms. The molecule has 526 valence electrons. The molecule has 4 heterocycles. The van der Waals surface area contributed by atoms with Crippen LogP contribution in [0.3, 0.4) is 0 Å². The van der Waals surface area contributed by atoms with Crippen LogP contribution in [0.25, 0.3) is 164 Å². The van der Waals surface area contributed by atoms with Crippen LogP contribution in [0.2, 0.25) is 0 Å². The van der Waals surface area contributed by atoms with Crippen molar-refractivity contribution in [3.8, 4) is 55.9 Å². The zero-order chi connectivity index (χ0) is 74.4. The Kier molecular flexibility index (Phi) is 13.2. The van der Waals surface area contributed by atoms with Gasteiger partial charge in [-0.2, -0.15) is 0 Å². The topological polar surface area (TPSA) is 16.3 Å². The Hall–Kier alpha value is -13.0. The molecule has 21 aromatic rings. The van der Waals surface area contributed by atoms with Crippen LogP contribution in [-0.4, -0.2) is 15.8 Å². The van der Waals surface area contributed by atoms with Crippen LogP contribution in [0.15, 0.2) is 315 Å². The lowest BCUT2D eigenvalue weighted by Crippen LogP contribution is -2.61. The maximum atomic E-state index is 2.76. The van der Waals surface area contributed by atoms with Crippen molar-refractivity contribution >= 4 is 165 Å². The second kappa shape index (κ2) is 22.8. The molecule has 0 saturated heterocycles. The van der Waals surface area contributed by atoms with Crippen molar-refractivity contribution in [2.24, 2.45) is 0 Å². The summed E-state index contributed by atoms with van der Waals surface area (Å²) in [4.78, 5) is 5.53. The molecule has 4 nitrogen and oxygen atoms in total. The van der Waals surface area contributed by atoms with Gasteiger partial charge in [0.05, 0.1) is 33.4 Å². The Balaban J connectivity index is 0.898. The van der Waals surface area contributed by atoms with Gasteiger partial charge in [0.2, 0.25) is 0 Å². The minimum atomic E-state index is -0.346. The number of anilines is 6. The highest BCUT2D eigenvalue weighted by Crippen LogP contribution is 2.57. The highest BCUT2D eigenvalue weighted by Gasteiger charge is 2.47. The molecule has 0 unspecified atom stereocenters. The average molecular weight is 1420 g/mol. The van der Waals surface area contributed by atoms with Gasteiger partial charge in [-0.15, -0.1) is 0 Å². The fraction of sp³-hybridized carbons (Fsp3) is 0.113. The predicted octanol–water partition coefficient (Wildman–Crippen LogP) is 27.2. The molecule has 2 aliphatic heterocycles. The van der Waals surface area contributed by atoms with Gasteiger partial charge in [0, 0.05) is 77.9 Å². The summed E-state index contributed by atoms with van der Waals surface area (Å²) in [6, 6.07) is 122. The fourth-order valence-electron chi connectivity index (χ4n) is 20.1. The quantitative estimate of drug-likeness (QED) is 0.0856. The third-order valence-corrected chi connectivity index (χ3v) is 25.3. The van der Waals surface area contributed by atoms with Crippen LogP contribution < -0.4 is 26.2 Å². The number of aromatic nitrogens is 2. The van der Waals surface area contributed by atoms with E-state index in [0.29, 0.717) is 0 Å². The van der Waals surface area contributed by atoms with Crippen LogP contribution in [0.4, 0.5) is 34.1 Å². The van der Waals surface area contributed by atoms with Crippen molar-refractivity contribution in [2.45, 2.75) is 78.6 Å². The highest BCUT2D eigenvalue weighted by molar-refractivity contribution is 7.00. The molecule has 5 heteroatoms. The molecule has 0 radical (unpaired) electrons. The first kappa shape index (κ1) is 64.1. The summed E-state index contributed by atoms with van der Waals surface area (Å²) in [5.41, 5.74) is 30.1. The maximum absolute atomic E-state index is 2.76. The van der Waals surface area contributed by atoms with Crippen molar-refractivity contribution in [1.82, 2.24) is 9.13 Å². The molecule has 0 amide bonds. The van der Waals surface area contributed by atoms with E-state index < -0.39 is 0 Å². The second-order valence-electron chi connectivity index (χ2n) is 34.7. The monoisotopic (exact) mass is 1420 g/mol. The molecular weight excluding hydrogens is 1340 g/mol. The van der Waals surface area contributed by atoms with Gasteiger partial charge in [0.1, 0.15) is 0 Å². The van der Waals surface area contributed by atoms with E-state index >= 15 is 0 Å². The Labute approximate surface area is 646 Å².